The zero-order valence-electron chi connectivity index (χ0n) is 9.81. The van der Waals surface area contributed by atoms with Gasteiger partial charge in [-0.3, -0.25) is 0 Å². The van der Waals surface area contributed by atoms with Gasteiger partial charge in [0.05, 0.1) is 6.61 Å². The van der Waals surface area contributed by atoms with Gasteiger partial charge in [-0.2, -0.15) is 0 Å². The van der Waals surface area contributed by atoms with E-state index >= 15 is 0 Å². The largest absolute Gasteiger partial charge is 0.392 e. The summed E-state index contributed by atoms with van der Waals surface area (Å²) in [5.41, 5.74) is 4.50. The molecule has 1 nitrogen and oxygen atoms in total. The molecule has 90 valence electrons. The Morgan fingerprint density at radius 3 is 2.78 bits per heavy atom. The molecule has 0 aliphatic heterocycles. The van der Waals surface area contributed by atoms with E-state index < -0.39 is 0 Å². The predicted molar refractivity (Wildman–Crippen MR) is 79.1 cm³/mol. The van der Waals surface area contributed by atoms with Crippen molar-refractivity contribution in [1.29, 1.82) is 0 Å². The van der Waals surface area contributed by atoms with Crippen LogP contribution in [-0.4, -0.2) is 11.7 Å². The second-order valence-electron chi connectivity index (χ2n) is 4.45. The number of hydrogen-bond donors (Lipinski definition) is 1. The number of fused-ring (bicyclic) bond motifs is 2. The molecule has 0 bridgehead atoms. The molecule has 0 heterocycles. The van der Waals surface area contributed by atoms with Crippen LogP contribution in [0.3, 0.4) is 0 Å². The van der Waals surface area contributed by atoms with E-state index in [2.05, 4.69) is 52.4 Å². The van der Waals surface area contributed by atoms with Gasteiger partial charge in [0, 0.05) is 10.4 Å². The molecule has 18 heavy (non-hydrogen) atoms. The fourth-order valence-electron chi connectivity index (χ4n) is 2.51. The summed E-state index contributed by atoms with van der Waals surface area (Å²) >= 11 is 3.51. The van der Waals surface area contributed by atoms with Gasteiger partial charge in [-0.25, -0.2) is 0 Å². The first-order valence-electron chi connectivity index (χ1n) is 5.96. The Morgan fingerprint density at radius 2 is 1.94 bits per heavy atom. The van der Waals surface area contributed by atoms with Gasteiger partial charge in [0.25, 0.3) is 0 Å². The summed E-state index contributed by atoms with van der Waals surface area (Å²) in [5.74, 6) is 0.235. The summed E-state index contributed by atoms with van der Waals surface area (Å²) in [6.07, 6.45) is 10.6. The van der Waals surface area contributed by atoms with Gasteiger partial charge >= 0.3 is 0 Å². The molecular formula is C16H13BrO. The number of benzene rings is 1. The lowest BCUT2D eigenvalue weighted by atomic mass is 9.89. The third kappa shape index (κ3) is 1.92. The van der Waals surface area contributed by atoms with Gasteiger partial charge in [-0.15, -0.1) is 0 Å². The third-order valence-corrected chi connectivity index (χ3v) is 3.92. The monoisotopic (exact) mass is 300 g/mol. The smallest absolute Gasteiger partial charge is 0.0690 e. The van der Waals surface area contributed by atoms with E-state index in [0.717, 1.165) is 15.6 Å². The van der Waals surface area contributed by atoms with Crippen molar-refractivity contribution >= 4 is 27.6 Å². The van der Waals surface area contributed by atoms with Gasteiger partial charge in [0.1, 0.15) is 0 Å². The molecule has 1 aromatic rings. The zero-order valence-corrected chi connectivity index (χ0v) is 11.4. The Labute approximate surface area is 115 Å². The molecule has 0 amide bonds. The van der Waals surface area contributed by atoms with Crippen LogP contribution in [0.4, 0.5) is 0 Å². The fraction of sp³-hybridized carbons (Fsp3) is 0.125. The molecule has 0 saturated carbocycles. The zero-order chi connectivity index (χ0) is 12.5. The highest BCUT2D eigenvalue weighted by molar-refractivity contribution is 9.11. The van der Waals surface area contributed by atoms with E-state index in [4.69, 9.17) is 0 Å². The van der Waals surface area contributed by atoms with Crippen LogP contribution in [0.5, 0.6) is 0 Å². The molecular weight excluding hydrogens is 288 g/mol. The van der Waals surface area contributed by atoms with Crippen LogP contribution in [0.2, 0.25) is 0 Å². The number of rotatable bonds is 1. The molecule has 0 saturated heterocycles. The Bertz CT molecular complexity index is 605. The van der Waals surface area contributed by atoms with Crippen molar-refractivity contribution in [2.75, 3.05) is 6.61 Å². The molecule has 0 spiro atoms. The maximum atomic E-state index is 9.72. The van der Waals surface area contributed by atoms with Gasteiger partial charge < -0.3 is 5.11 Å². The molecule has 0 aromatic heterocycles. The van der Waals surface area contributed by atoms with E-state index in [0.29, 0.717) is 0 Å². The fourth-order valence-corrected chi connectivity index (χ4v) is 2.93. The van der Waals surface area contributed by atoms with E-state index in [1.54, 1.807) is 0 Å². The molecule has 1 atom stereocenters. The lowest BCUT2D eigenvalue weighted by Gasteiger charge is -2.18. The number of halogens is 1. The standard InChI is InChI=1S/C16H13BrO/c17-13-7-8-15-12(9-13)6-5-11-3-1-2-4-14(11)16(15)10-18/h1-9,12,18H,10H2. The third-order valence-electron chi connectivity index (χ3n) is 3.40. The maximum absolute atomic E-state index is 9.72. The Hall–Kier alpha value is -1.38. The lowest BCUT2D eigenvalue weighted by Crippen LogP contribution is -2.04. The second kappa shape index (κ2) is 4.71. The highest BCUT2D eigenvalue weighted by atomic mass is 79.9. The van der Waals surface area contributed by atoms with Crippen LogP contribution in [0, 0.1) is 5.92 Å². The molecule has 3 rings (SSSR count). The van der Waals surface area contributed by atoms with E-state index in [-0.39, 0.29) is 12.5 Å². The van der Waals surface area contributed by atoms with Crippen molar-refractivity contribution in [3.63, 3.8) is 0 Å². The van der Waals surface area contributed by atoms with Gasteiger partial charge in [0.15, 0.2) is 0 Å². The van der Waals surface area contributed by atoms with E-state index in [1.165, 1.54) is 11.1 Å². The Morgan fingerprint density at radius 1 is 1.11 bits per heavy atom. The molecule has 0 radical (unpaired) electrons. The second-order valence-corrected chi connectivity index (χ2v) is 5.36. The minimum atomic E-state index is 0.0698. The van der Waals surface area contributed by atoms with Gasteiger partial charge in [0.2, 0.25) is 0 Å². The van der Waals surface area contributed by atoms with Gasteiger partial charge in [-0.05, 0) is 28.3 Å². The normalized spacial score (nSPS) is 21.2. The van der Waals surface area contributed by atoms with Crippen LogP contribution in [-0.2, 0) is 0 Å². The van der Waals surface area contributed by atoms with Crippen molar-refractivity contribution in [3.05, 3.63) is 69.8 Å². The van der Waals surface area contributed by atoms with Crippen molar-refractivity contribution < 1.29 is 5.11 Å². The molecule has 2 aliphatic carbocycles. The van der Waals surface area contributed by atoms with Crippen LogP contribution < -0.4 is 0 Å². The predicted octanol–water partition coefficient (Wildman–Crippen LogP) is 3.92. The summed E-state index contributed by atoms with van der Waals surface area (Å²) in [7, 11) is 0. The van der Waals surface area contributed by atoms with Crippen LogP contribution in [0.25, 0.3) is 11.6 Å². The molecule has 1 aromatic carbocycles. The van der Waals surface area contributed by atoms with Crippen molar-refractivity contribution in [2.24, 2.45) is 5.92 Å². The van der Waals surface area contributed by atoms with E-state index in [1.807, 2.05) is 18.2 Å². The first-order valence-corrected chi connectivity index (χ1v) is 6.76. The van der Waals surface area contributed by atoms with Crippen molar-refractivity contribution in [1.82, 2.24) is 0 Å². The van der Waals surface area contributed by atoms with Crippen LogP contribution in [0.15, 0.2) is 58.6 Å². The molecule has 1 N–H and O–H groups in total. The quantitative estimate of drug-likeness (QED) is 0.833. The minimum absolute atomic E-state index is 0.0698. The summed E-state index contributed by atoms with van der Waals surface area (Å²) in [4.78, 5) is 0. The first-order chi connectivity index (χ1) is 8.79. The highest BCUT2D eigenvalue weighted by Crippen LogP contribution is 2.36. The van der Waals surface area contributed by atoms with Crippen LogP contribution >= 0.6 is 15.9 Å². The number of aliphatic hydroxyl groups is 1. The molecule has 0 fully saturated rings. The Kier molecular flexibility index (Phi) is 3.06. The Balaban J connectivity index is 2.24. The van der Waals surface area contributed by atoms with Crippen molar-refractivity contribution in [2.45, 2.75) is 0 Å². The van der Waals surface area contributed by atoms with Gasteiger partial charge in [-0.1, -0.05) is 64.5 Å². The average molecular weight is 301 g/mol. The van der Waals surface area contributed by atoms with E-state index in [9.17, 15) is 5.11 Å². The lowest BCUT2D eigenvalue weighted by molar-refractivity contribution is 0.349. The van der Waals surface area contributed by atoms with Crippen molar-refractivity contribution in [3.8, 4) is 0 Å². The van der Waals surface area contributed by atoms with Crippen LogP contribution in [0.1, 0.15) is 11.1 Å². The summed E-state index contributed by atoms with van der Waals surface area (Å²) in [6, 6.07) is 8.20. The SMILES string of the molecule is OCC1=C2C=CC(Br)=CC2C=Cc2ccccc21. The summed E-state index contributed by atoms with van der Waals surface area (Å²) in [5, 5.41) is 9.72. The average Bonchev–Trinajstić information content (AvgIpc) is 2.55. The highest BCUT2D eigenvalue weighted by Gasteiger charge is 2.20. The number of allylic oxidation sites excluding steroid dienone is 6. The summed E-state index contributed by atoms with van der Waals surface area (Å²) in [6.45, 7) is 0.0698. The summed E-state index contributed by atoms with van der Waals surface area (Å²) < 4.78 is 1.09. The molecule has 2 heteroatoms. The maximum Gasteiger partial charge on any atom is 0.0690 e. The minimum Gasteiger partial charge on any atom is -0.392 e. The number of hydrogen-bond acceptors (Lipinski definition) is 1. The first kappa shape index (κ1) is 11.7. The topological polar surface area (TPSA) is 20.2 Å². The molecule has 2 aliphatic rings. The molecule has 1 unspecified atom stereocenters. The number of aliphatic hydroxyl groups excluding tert-OH is 1.